The van der Waals surface area contributed by atoms with Crippen molar-refractivity contribution in [1.29, 1.82) is 0 Å². The van der Waals surface area contributed by atoms with Crippen LogP contribution in [0.15, 0.2) is 53.1 Å². The van der Waals surface area contributed by atoms with E-state index in [9.17, 15) is 0 Å². The first-order valence-electron chi connectivity index (χ1n) is 7.34. The first kappa shape index (κ1) is 14.5. The van der Waals surface area contributed by atoms with Crippen LogP contribution in [0, 0.1) is 0 Å². The average Bonchev–Trinajstić information content (AvgIpc) is 2.92. The Morgan fingerprint density at radius 3 is 2.83 bits per heavy atom. The van der Waals surface area contributed by atoms with Gasteiger partial charge in [0.2, 0.25) is 0 Å². The number of ether oxygens (including phenoxy) is 2. The summed E-state index contributed by atoms with van der Waals surface area (Å²) in [5.41, 5.74) is 4.24. The largest absolute Gasteiger partial charge is 0.472 e. The Hall–Kier alpha value is -2.11. The number of rotatable bonds is 3. The van der Waals surface area contributed by atoms with Crippen molar-refractivity contribution >= 4 is 15.9 Å². The molecule has 0 atom stereocenters. The molecule has 2 aromatic carbocycles. The molecule has 0 bridgehead atoms. The lowest BCUT2D eigenvalue weighted by Gasteiger charge is -2.21. The van der Waals surface area contributed by atoms with Gasteiger partial charge in [0, 0.05) is 12.7 Å². The molecule has 0 amide bonds. The van der Waals surface area contributed by atoms with Crippen molar-refractivity contribution < 1.29 is 9.47 Å². The van der Waals surface area contributed by atoms with Gasteiger partial charge in [-0.05, 0) is 33.6 Å². The van der Waals surface area contributed by atoms with E-state index in [1.54, 1.807) is 7.11 Å². The van der Waals surface area contributed by atoms with Crippen molar-refractivity contribution in [2.24, 2.45) is 0 Å². The van der Waals surface area contributed by atoms with Crippen LogP contribution in [0.1, 0.15) is 5.56 Å². The molecular weight excluding hydrogens is 356 g/mol. The molecule has 0 saturated carbocycles. The van der Waals surface area contributed by atoms with Crippen molar-refractivity contribution in [3.05, 3.63) is 58.7 Å². The Bertz CT molecular complexity index is 859. The van der Waals surface area contributed by atoms with Gasteiger partial charge in [-0.25, -0.2) is 4.98 Å². The highest BCUT2D eigenvalue weighted by molar-refractivity contribution is 9.10. The van der Waals surface area contributed by atoms with Crippen LogP contribution < -0.4 is 4.74 Å². The first-order valence-corrected chi connectivity index (χ1v) is 8.13. The summed E-state index contributed by atoms with van der Waals surface area (Å²) in [6.07, 6.45) is 0. The third-order valence-corrected chi connectivity index (χ3v) is 4.47. The van der Waals surface area contributed by atoms with Crippen LogP contribution in [0.25, 0.3) is 22.6 Å². The maximum Gasteiger partial charge on any atom is 0.167 e. The molecule has 0 saturated heterocycles. The summed E-state index contributed by atoms with van der Waals surface area (Å²) in [4.78, 5) is 4.71. The third kappa shape index (κ3) is 2.46. The van der Waals surface area contributed by atoms with Crippen LogP contribution in [-0.4, -0.2) is 16.7 Å². The predicted octanol–water partition coefficient (Wildman–Crippen LogP) is 4.48. The van der Waals surface area contributed by atoms with Crippen molar-refractivity contribution in [2.45, 2.75) is 13.3 Å². The summed E-state index contributed by atoms with van der Waals surface area (Å²) in [7, 11) is 1.69. The van der Waals surface area contributed by atoms with Gasteiger partial charge in [0.15, 0.2) is 6.73 Å². The minimum Gasteiger partial charge on any atom is -0.472 e. The molecule has 1 aliphatic rings. The number of imidazole rings is 1. The fourth-order valence-corrected chi connectivity index (χ4v) is 3.50. The zero-order chi connectivity index (χ0) is 15.8. The Morgan fingerprint density at radius 1 is 1.22 bits per heavy atom. The molecule has 3 aromatic rings. The monoisotopic (exact) mass is 370 g/mol. The number of hydrogen-bond acceptors (Lipinski definition) is 3. The second-order valence-corrected chi connectivity index (χ2v) is 6.16. The molecule has 0 radical (unpaired) electrons. The third-order valence-electron chi connectivity index (χ3n) is 3.92. The van der Waals surface area contributed by atoms with Crippen LogP contribution in [0.5, 0.6) is 5.75 Å². The van der Waals surface area contributed by atoms with E-state index in [1.807, 2.05) is 36.4 Å². The van der Waals surface area contributed by atoms with E-state index in [1.165, 1.54) is 0 Å². The summed E-state index contributed by atoms with van der Waals surface area (Å²) in [6, 6.07) is 16.3. The predicted molar refractivity (Wildman–Crippen MR) is 92.1 cm³/mol. The van der Waals surface area contributed by atoms with Crippen molar-refractivity contribution in [1.82, 2.24) is 9.55 Å². The molecule has 1 aromatic heterocycles. The summed E-state index contributed by atoms with van der Waals surface area (Å²) >= 11 is 3.60. The van der Waals surface area contributed by atoms with Gasteiger partial charge in [-0.3, -0.25) is 4.57 Å². The molecule has 0 aliphatic carbocycles. The molecule has 4 rings (SSSR count). The number of benzene rings is 2. The van der Waals surface area contributed by atoms with E-state index in [4.69, 9.17) is 14.5 Å². The zero-order valence-electron chi connectivity index (χ0n) is 12.6. The first-order chi connectivity index (χ1) is 11.3. The van der Waals surface area contributed by atoms with E-state index in [0.29, 0.717) is 13.3 Å². The smallest absolute Gasteiger partial charge is 0.167 e. The van der Waals surface area contributed by atoms with E-state index >= 15 is 0 Å². The summed E-state index contributed by atoms with van der Waals surface area (Å²) < 4.78 is 14.1. The van der Waals surface area contributed by atoms with Gasteiger partial charge in [0.25, 0.3) is 0 Å². The highest BCUT2D eigenvalue weighted by atomic mass is 79.9. The average molecular weight is 371 g/mol. The van der Waals surface area contributed by atoms with Crippen molar-refractivity contribution in [2.75, 3.05) is 7.11 Å². The zero-order valence-corrected chi connectivity index (χ0v) is 14.2. The number of aromatic nitrogens is 2. The standard InChI is InChI=1S/C18H15BrN2O2/c1-22-10-12-7-8-14-15(9-12)23-11-21-16(17(19)20-18(14)21)13-5-3-2-4-6-13/h2-9H,10-11H2,1H3. The topological polar surface area (TPSA) is 36.3 Å². The van der Waals surface area contributed by atoms with Gasteiger partial charge < -0.3 is 9.47 Å². The number of halogens is 1. The SMILES string of the molecule is COCc1ccc2c(c1)OCn1c-2nc(Br)c1-c1ccccc1. The lowest BCUT2D eigenvalue weighted by Crippen LogP contribution is -2.14. The maximum atomic E-state index is 5.96. The van der Waals surface area contributed by atoms with Crippen LogP contribution in [0.3, 0.4) is 0 Å². The van der Waals surface area contributed by atoms with Crippen LogP contribution >= 0.6 is 15.9 Å². The summed E-state index contributed by atoms with van der Waals surface area (Å²) in [5.74, 6) is 1.77. The molecule has 5 heteroatoms. The second kappa shape index (κ2) is 5.83. The molecular formula is C18H15BrN2O2. The minimum absolute atomic E-state index is 0.446. The van der Waals surface area contributed by atoms with Crippen LogP contribution in [0.4, 0.5) is 0 Å². The molecule has 1 aliphatic heterocycles. The van der Waals surface area contributed by atoms with E-state index < -0.39 is 0 Å². The van der Waals surface area contributed by atoms with Crippen LogP contribution in [-0.2, 0) is 18.1 Å². The van der Waals surface area contributed by atoms with Gasteiger partial charge in [0.05, 0.1) is 17.9 Å². The Morgan fingerprint density at radius 2 is 2.04 bits per heavy atom. The highest BCUT2D eigenvalue weighted by Crippen LogP contribution is 2.40. The molecule has 4 nitrogen and oxygen atoms in total. The number of hydrogen-bond donors (Lipinski definition) is 0. The molecule has 0 N–H and O–H groups in total. The Balaban J connectivity index is 1.84. The fraction of sp³-hybridized carbons (Fsp3) is 0.167. The van der Waals surface area contributed by atoms with Gasteiger partial charge in [-0.2, -0.15) is 0 Å². The van der Waals surface area contributed by atoms with Gasteiger partial charge in [0.1, 0.15) is 16.2 Å². The number of fused-ring (bicyclic) bond motifs is 3. The molecule has 0 fully saturated rings. The van der Waals surface area contributed by atoms with E-state index in [-0.39, 0.29) is 0 Å². The second-order valence-electron chi connectivity index (χ2n) is 5.41. The Kier molecular flexibility index (Phi) is 3.67. The van der Waals surface area contributed by atoms with Gasteiger partial charge in [-0.15, -0.1) is 0 Å². The van der Waals surface area contributed by atoms with Gasteiger partial charge >= 0.3 is 0 Å². The lowest BCUT2D eigenvalue weighted by molar-refractivity contribution is 0.183. The number of methoxy groups -OCH3 is 1. The molecule has 2 heterocycles. The van der Waals surface area contributed by atoms with Gasteiger partial charge in [-0.1, -0.05) is 36.4 Å². The van der Waals surface area contributed by atoms with E-state index in [0.717, 1.165) is 38.6 Å². The fourth-order valence-electron chi connectivity index (χ4n) is 2.89. The van der Waals surface area contributed by atoms with Crippen molar-refractivity contribution in [3.63, 3.8) is 0 Å². The summed E-state index contributed by atoms with van der Waals surface area (Å²) in [5, 5.41) is 0. The molecule has 0 unspecified atom stereocenters. The minimum atomic E-state index is 0.446. The molecule has 23 heavy (non-hydrogen) atoms. The normalized spacial score (nSPS) is 12.4. The highest BCUT2D eigenvalue weighted by Gasteiger charge is 2.24. The summed E-state index contributed by atoms with van der Waals surface area (Å²) in [6.45, 7) is 1.02. The lowest BCUT2D eigenvalue weighted by atomic mass is 10.1. The molecule has 0 spiro atoms. The van der Waals surface area contributed by atoms with E-state index in [2.05, 4.69) is 32.6 Å². The van der Waals surface area contributed by atoms with Crippen LogP contribution in [0.2, 0.25) is 0 Å². The van der Waals surface area contributed by atoms with Crippen molar-refractivity contribution in [3.8, 4) is 28.4 Å². The Labute approximate surface area is 142 Å². The number of nitrogens with zero attached hydrogens (tertiary/aromatic N) is 2. The quantitative estimate of drug-likeness (QED) is 0.681. The molecule has 116 valence electrons. The maximum absolute atomic E-state index is 5.96.